The summed E-state index contributed by atoms with van der Waals surface area (Å²) >= 11 is 0. The van der Waals surface area contributed by atoms with Crippen molar-refractivity contribution in [3.8, 4) is 73.8 Å². The van der Waals surface area contributed by atoms with Crippen LogP contribution < -0.4 is 0 Å². The summed E-state index contributed by atoms with van der Waals surface area (Å²) in [7, 11) is 0. The van der Waals surface area contributed by atoms with E-state index in [1.807, 2.05) is 48.5 Å². The summed E-state index contributed by atoms with van der Waals surface area (Å²) in [6.45, 7) is 2.08. The van der Waals surface area contributed by atoms with Crippen LogP contribution >= 0.6 is 0 Å². The van der Waals surface area contributed by atoms with Gasteiger partial charge in [0.05, 0.1) is 34.9 Å². The maximum Gasteiger partial charge on any atom is 0.0991 e. The maximum atomic E-state index is 9.60. The standard InChI is InChI=1S/C50H27N3/c1-29-21-32(28-53)13-18-35(29)38-19-20-41-46-25-49-47(24-45(46)40-8-4-7-39(38)50(40)41)43(34-16-11-31(27-52)12-17-34)23-44-37-6-3-2-5-36(37)42(22-48(44)49)33-14-9-30(26-51)10-15-33/h2-25H,1H3. The van der Waals surface area contributed by atoms with Crippen molar-refractivity contribution in [1.82, 2.24) is 0 Å². The molecule has 10 rings (SSSR count). The molecular weight excluding hydrogens is 643 g/mol. The molecule has 0 saturated carbocycles. The van der Waals surface area contributed by atoms with E-state index >= 15 is 0 Å². The molecule has 3 nitrogen and oxygen atoms in total. The zero-order chi connectivity index (χ0) is 35.8. The summed E-state index contributed by atoms with van der Waals surface area (Å²) in [6.07, 6.45) is 0. The van der Waals surface area contributed by atoms with Crippen molar-refractivity contribution in [2.75, 3.05) is 0 Å². The monoisotopic (exact) mass is 669 g/mol. The molecule has 0 aliphatic heterocycles. The predicted molar refractivity (Wildman–Crippen MR) is 216 cm³/mol. The molecule has 0 spiro atoms. The molecule has 53 heavy (non-hydrogen) atoms. The Morgan fingerprint density at radius 1 is 0.321 bits per heavy atom. The number of fused-ring (bicyclic) bond motifs is 8. The molecule has 0 fully saturated rings. The average Bonchev–Trinajstić information content (AvgIpc) is 3.53. The lowest BCUT2D eigenvalue weighted by molar-refractivity contribution is 1.42. The van der Waals surface area contributed by atoms with Gasteiger partial charge < -0.3 is 0 Å². The number of nitriles is 3. The van der Waals surface area contributed by atoms with Gasteiger partial charge in [-0.3, -0.25) is 0 Å². The maximum absolute atomic E-state index is 9.60. The van der Waals surface area contributed by atoms with Gasteiger partial charge in [-0.25, -0.2) is 0 Å². The second-order valence-electron chi connectivity index (χ2n) is 13.8. The molecule has 0 radical (unpaired) electrons. The van der Waals surface area contributed by atoms with Crippen molar-refractivity contribution in [1.29, 1.82) is 15.8 Å². The molecule has 1 aliphatic carbocycles. The molecule has 3 heteroatoms. The van der Waals surface area contributed by atoms with Gasteiger partial charge in [0.15, 0.2) is 0 Å². The van der Waals surface area contributed by atoms with Crippen LogP contribution in [0, 0.1) is 40.9 Å². The van der Waals surface area contributed by atoms with E-state index in [9.17, 15) is 15.8 Å². The minimum atomic E-state index is 0.632. The van der Waals surface area contributed by atoms with Crippen LogP contribution in [-0.4, -0.2) is 0 Å². The highest BCUT2D eigenvalue weighted by Crippen LogP contribution is 2.53. The fourth-order valence-electron chi connectivity index (χ4n) is 8.54. The van der Waals surface area contributed by atoms with Gasteiger partial charge in [0.25, 0.3) is 0 Å². The van der Waals surface area contributed by atoms with Gasteiger partial charge in [0, 0.05) is 0 Å². The highest BCUT2D eigenvalue weighted by Gasteiger charge is 2.25. The van der Waals surface area contributed by atoms with Crippen LogP contribution in [0.3, 0.4) is 0 Å². The molecule has 242 valence electrons. The Hall–Kier alpha value is -7.51. The number of aryl methyl sites for hydroxylation is 1. The van der Waals surface area contributed by atoms with E-state index in [0.717, 1.165) is 71.3 Å². The van der Waals surface area contributed by atoms with E-state index in [0.29, 0.717) is 16.7 Å². The van der Waals surface area contributed by atoms with Gasteiger partial charge in [0.2, 0.25) is 0 Å². The average molecular weight is 670 g/mol. The highest BCUT2D eigenvalue weighted by atomic mass is 14.3. The van der Waals surface area contributed by atoms with Gasteiger partial charge in [-0.05, 0) is 172 Å². The fraction of sp³-hybridized carbons (Fsp3) is 0.0200. The highest BCUT2D eigenvalue weighted by molar-refractivity contribution is 6.27. The zero-order valence-electron chi connectivity index (χ0n) is 28.7. The fourth-order valence-corrected chi connectivity index (χ4v) is 8.54. The van der Waals surface area contributed by atoms with Crippen molar-refractivity contribution in [3.63, 3.8) is 0 Å². The Morgan fingerprint density at radius 3 is 1.43 bits per heavy atom. The minimum Gasteiger partial charge on any atom is -0.192 e. The first-order chi connectivity index (χ1) is 26.0. The van der Waals surface area contributed by atoms with Crippen LogP contribution in [0.15, 0.2) is 146 Å². The smallest absolute Gasteiger partial charge is 0.0991 e. The molecule has 0 aromatic heterocycles. The SMILES string of the molecule is Cc1cc(C#N)ccc1-c1ccc2c3c(cccc13)-c1cc3c(-c4ccc(C#N)cc4)cc4c5ccccc5c(-c5ccc(C#N)cc5)cc4c3cc1-2. The van der Waals surface area contributed by atoms with Crippen LogP contribution in [0.25, 0.3) is 98.7 Å². The Bertz CT molecular complexity index is 3180. The van der Waals surface area contributed by atoms with Crippen LogP contribution in [-0.2, 0) is 0 Å². The summed E-state index contributed by atoms with van der Waals surface area (Å²) in [5.41, 5.74) is 14.5. The molecule has 0 saturated heterocycles. The molecule has 0 amide bonds. The molecule has 0 unspecified atom stereocenters. The van der Waals surface area contributed by atoms with Crippen LogP contribution in [0.2, 0.25) is 0 Å². The summed E-state index contributed by atoms with van der Waals surface area (Å²) in [4.78, 5) is 0. The Morgan fingerprint density at radius 2 is 0.792 bits per heavy atom. The first-order valence-electron chi connectivity index (χ1n) is 17.6. The van der Waals surface area contributed by atoms with Crippen LogP contribution in [0.4, 0.5) is 0 Å². The van der Waals surface area contributed by atoms with Gasteiger partial charge >= 0.3 is 0 Å². The third-order valence-corrected chi connectivity index (χ3v) is 11.0. The minimum absolute atomic E-state index is 0.632. The Kier molecular flexibility index (Phi) is 6.59. The molecule has 9 aromatic rings. The summed E-state index contributed by atoms with van der Waals surface area (Å²) in [5.74, 6) is 0. The molecule has 0 N–H and O–H groups in total. The number of benzene rings is 9. The zero-order valence-corrected chi connectivity index (χ0v) is 28.7. The van der Waals surface area contributed by atoms with E-state index in [2.05, 4.69) is 122 Å². The quantitative estimate of drug-likeness (QED) is 0.176. The van der Waals surface area contributed by atoms with E-state index in [4.69, 9.17) is 0 Å². The molecule has 0 bridgehead atoms. The predicted octanol–water partition coefficient (Wildman–Crippen LogP) is 12.9. The first-order valence-corrected chi connectivity index (χ1v) is 17.6. The second kappa shape index (κ2) is 11.5. The number of nitrogens with zero attached hydrogens (tertiary/aromatic N) is 3. The summed E-state index contributed by atoms with van der Waals surface area (Å²) in [6, 6.07) is 57.6. The lowest BCUT2D eigenvalue weighted by atomic mass is 9.86. The third kappa shape index (κ3) is 4.51. The van der Waals surface area contributed by atoms with Gasteiger partial charge in [-0.2, -0.15) is 15.8 Å². The van der Waals surface area contributed by atoms with Crippen molar-refractivity contribution in [2.24, 2.45) is 0 Å². The molecule has 0 atom stereocenters. The normalized spacial score (nSPS) is 11.4. The summed E-state index contributed by atoms with van der Waals surface area (Å²) < 4.78 is 0. The molecule has 1 aliphatic rings. The molecule has 0 heterocycles. The third-order valence-electron chi connectivity index (χ3n) is 11.0. The lowest BCUT2D eigenvalue weighted by Gasteiger charge is -2.17. The van der Waals surface area contributed by atoms with E-state index in [1.54, 1.807) is 0 Å². The molecular formula is C50H27N3. The Labute approximate surface area is 306 Å². The number of rotatable bonds is 3. The second-order valence-corrected chi connectivity index (χ2v) is 13.8. The summed E-state index contributed by atoms with van der Waals surface area (Å²) in [5, 5.41) is 38.0. The largest absolute Gasteiger partial charge is 0.192 e. The van der Waals surface area contributed by atoms with E-state index < -0.39 is 0 Å². The van der Waals surface area contributed by atoms with Gasteiger partial charge in [-0.15, -0.1) is 0 Å². The first kappa shape index (κ1) is 30.3. The van der Waals surface area contributed by atoms with Gasteiger partial charge in [-0.1, -0.05) is 84.9 Å². The number of hydrogen-bond acceptors (Lipinski definition) is 3. The van der Waals surface area contributed by atoms with Crippen molar-refractivity contribution < 1.29 is 0 Å². The lowest BCUT2D eigenvalue weighted by Crippen LogP contribution is -1.91. The van der Waals surface area contributed by atoms with Gasteiger partial charge in [0.1, 0.15) is 0 Å². The topological polar surface area (TPSA) is 71.4 Å². The Balaban J connectivity index is 1.30. The van der Waals surface area contributed by atoms with E-state index in [1.165, 1.54) is 33.0 Å². The molecule has 9 aromatic carbocycles. The van der Waals surface area contributed by atoms with Crippen LogP contribution in [0.5, 0.6) is 0 Å². The van der Waals surface area contributed by atoms with E-state index in [-0.39, 0.29) is 0 Å². The number of hydrogen-bond donors (Lipinski definition) is 0. The van der Waals surface area contributed by atoms with Crippen molar-refractivity contribution >= 4 is 43.1 Å². The van der Waals surface area contributed by atoms with Crippen molar-refractivity contribution in [3.05, 3.63) is 168 Å². The van der Waals surface area contributed by atoms with Crippen LogP contribution in [0.1, 0.15) is 22.3 Å². The van der Waals surface area contributed by atoms with Crippen molar-refractivity contribution in [2.45, 2.75) is 6.92 Å².